The topological polar surface area (TPSA) is 58.1 Å². The summed E-state index contributed by atoms with van der Waals surface area (Å²) in [5.74, 6) is -0.461. The summed E-state index contributed by atoms with van der Waals surface area (Å²) < 4.78 is 13.6. The van der Waals surface area contributed by atoms with Crippen LogP contribution in [0.2, 0.25) is 0 Å². The van der Waals surface area contributed by atoms with E-state index < -0.39 is 11.7 Å². The lowest BCUT2D eigenvalue weighted by molar-refractivity contribution is 0.102. The van der Waals surface area contributed by atoms with Crippen molar-refractivity contribution in [1.82, 2.24) is 9.97 Å². The van der Waals surface area contributed by atoms with Gasteiger partial charge in [0, 0.05) is 19.8 Å². The Labute approximate surface area is 129 Å². The van der Waals surface area contributed by atoms with E-state index in [1.807, 2.05) is 11.9 Å². The fraction of sp³-hybridized carbons (Fsp3) is 0.312. The number of carbonyl (C=O) groups excluding carboxylic acids is 1. The molecule has 5 nitrogen and oxygen atoms in total. The van der Waals surface area contributed by atoms with Crippen LogP contribution in [0.15, 0.2) is 36.5 Å². The van der Waals surface area contributed by atoms with Crippen molar-refractivity contribution in [1.29, 1.82) is 0 Å². The average molecular weight is 302 g/mol. The SMILES string of the molecule is CCCCN(C)c1nccc(C(=O)Nc2ccccc2F)n1. The Kier molecular flexibility index (Phi) is 5.41. The van der Waals surface area contributed by atoms with Crippen LogP contribution in [0, 0.1) is 5.82 Å². The Morgan fingerprint density at radius 3 is 2.82 bits per heavy atom. The lowest BCUT2D eigenvalue weighted by Gasteiger charge is -2.16. The van der Waals surface area contributed by atoms with Crippen molar-refractivity contribution < 1.29 is 9.18 Å². The molecule has 2 rings (SSSR count). The standard InChI is InChI=1S/C16H19FN4O/c1-3-4-11-21(2)16-18-10-9-14(20-16)15(22)19-13-8-6-5-7-12(13)17/h5-10H,3-4,11H2,1-2H3,(H,19,22). The van der Waals surface area contributed by atoms with Crippen LogP contribution in [0.4, 0.5) is 16.0 Å². The van der Waals surface area contributed by atoms with E-state index in [9.17, 15) is 9.18 Å². The van der Waals surface area contributed by atoms with Crippen LogP contribution in [0.3, 0.4) is 0 Å². The predicted molar refractivity (Wildman–Crippen MR) is 84.6 cm³/mol. The first-order valence-electron chi connectivity index (χ1n) is 7.22. The number of para-hydroxylation sites is 1. The van der Waals surface area contributed by atoms with Crippen molar-refractivity contribution in [3.8, 4) is 0 Å². The molecule has 0 saturated heterocycles. The molecule has 2 aromatic rings. The van der Waals surface area contributed by atoms with Crippen LogP contribution in [-0.4, -0.2) is 29.5 Å². The van der Waals surface area contributed by atoms with E-state index in [2.05, 4.69) is 22.2 Å². The predicted octanol–water partition coefficient (Wildman–Crippen LogP) is 3.10. The molecule has 0 aliphatic rings. The summed E-state index contributed by atoms with van der Waals surface area (Å²) in [5.41, 5.74) is 0.337. The summed E-state index contributed by atoms with van der Waals surface area (Å²) in [6.45, 7) is 2.92. The van der Waals surface area contributed by atoms with Gasteiger partial charge in [0.1, 0.15) is 11.5 Å². The molecule has 1 aromatic carbocycles. The van der Waals surface area contributed by atoms with Gasteiger partial charge in [0.15, 0.2) is 0 Å². The zero-order valence-corrected chi connectivity index (χ0v) is 12.7. The third-order valence-electron chi connectivity index (χ3n) is 3.19. The number of aromatic nitrogens is 2. The minimum atomic E-state index is -0.481. The summed E-state index contributed by atoms with van der Waals surface area (Å²) in [5, 5.41) is 2.51. The minimum Gasteiger partial charge on any atom is -0.344 e. The van der Waals surface area contributed by atoms with E-state index >= 15 is 0 Å². The highest BCUT2D eigenvalue weighted by Crippen LogP contribution is 2.14. The smallest absolute Gasteiger partial charge is 0.274 e. The normalized spacial score (nSPS) is 10.3. The summed E-state index contributed by atoms with van der Waals surface area (Å²) in [7, 11) is 1.88. The fourth-order valence-electron chi connectivity index (χ4n) is 1.90. The maximum atomic E-state index is 13.6. The lowest BCUT2D eigenvalue weighted by atomic mass is 10.3. The monoisotopic (exact) mass is 302 g/mol. The van der Waals surface area contributed by atoms with E-state index in [4.69, 9.17) is 0 Å². The number of rotatable bonds is 6. The maximum absolute atomic E-state index is 13.6. The maximum Gasteiger partial charge on any atom is 0.274 e. The number of hydrogen-bond donors (Lipinski definition) is 1. The van der Waals surface area contributed by atoms with Crippen LogP contribution < -0.4 is 10.2 Å². The number of anilines is 2. The van der Waals surface area contributed by atoms with E-state index in [1.54, 1.807) is 12.1 Å². The lowest BCUT2D eigenvalue weighted by Crippen LogP contribution is -2.23. The fourth-order valence-corrected chi connectivity index (χ4v) is 1.90. The molecular formula is C16H19FN4O. The quantitative estimate of drug-likeness (QED) is 0.891. The van der Waals surface area contributed by atoms with Crippen molar-refractivity contribution >= 4 is 17.5 Å². The molecule has 0 fully saturated rings. The molecule has 0 saturated carbocycles. The van der Waals surface area contributed by atoms with Crippen molar-refractivity contribution in [2.45, 2.75) is 19.8 Å². The van der Waals surface area contributed by atoms with Crippen LogP contribution in [0.5, 0.6) is 0 Å². The van der Waals surface area contributed by atoms with Gasteiger partial charge in [-0.3, -0.25) is 4.79 Å². The highest BCUT2D eigenvalue weighted by molar-refractivity contribution is 6.03. The minimum absolute atomic E-state index is 0.131. The largest absolute Gasteiger partial charge is 0.344 e. The van der Waals surface area contributed by atoms with Crippen molar-refractivity contribution in [3.05, 3.63) is 48.0 Å². The molecule has 1 amide bonds. The zero-order chi connectivity index (χ0) is 15.9. The number of benzene rings is 1. The number of carbonyl (C=O) groups is 1. The molecule has 0 radical (unpaired) electrons. The number of halogens is 1. The molecule has 0 atom stereocenters. The van der Waals surface area contributed by atoms with Gasteiger partial charge in [0.2, 0.25) is 5.95 Å². The van der Waals surface area contributed by atoms with Gasteiger partial charge in [-0.1, -0.05) is 25.5 Å². The Morgan fingerprint density at radius 2 is 2.09 bits per heavy atom. The first-order valence-corrected chi connectivity index (χ1v) is 7.22. The second-order valence-corrected chi connectivity index (χ2v) is 4.95. The molecule has 1 heterocycles. The number of nitrogens with one attached hydrogen (secondary N) is 1. The zero-order valence-electron chi connectivity index (χ0n) is 12.7. The molecule has 0 unspecified atom stereocenters. The molecule has 6 heteroatoms. The third-order valence-corrected chi connectivity index (χ3v) is 3.19. The second kappa shape index (κ2) is 7.49. The molecule has 1 aromatic heterocycles. The molecule has 22 heavy (non-hydrogen) atoms. The number of hydrogen-bond acceptors (Lipinski definition) is 4. The summed E-state index contributed by atoms with van der Waals surface area (Å²) in [6, 6.07) is 7.52. The first-order chi connectivity index (χ1) is 10.6. The third kappa shape index (κ3) is 4.00. The number of unbranched alkanes of at least 4 members (excludes halogenated alkanes) is 1. The van der Waals surface area contributed by atoms with Gasteiger partial charge in [0.05, 0.1) is 5.69 Å². The molecule has 0 spiro atoms. The van der Waals surface area contributed by atoms with Gasteiger partial charge in [0.25, 0.3) is 5.91 Å². The number of amides is 1. The Balaban J connectivity index is 2.12. The van der Waals surface area contributed by atoms with Crippen LogP contribution >= 0.6 is 0 Å². The summed E-state index contributed by atoms with van der Waals surface area (Å²) >= 11 is 0. The van der Waals surface area contributed by atoms with E-state index in [1.165, 1.54) is 24.4 Å². The van der Waals surface area contributed by atoms with Gasteiger partial charge >= 0.3 is 0 Å². The van der Waals surface area contributed by atoms with E-state index in [-0.39, 0.29) is 11.4 Å². The molecule has 0 aliphatic carbocycles. The van der Waals surface area contributed by atoms with Gasteiger partial charge < -0.3 is 10.2 Å². The van der Waals surface area contributed by atoms with Gasteiger partial charge in [-0.15, -0.1) is 0 Å². The summed E-state index contributed by atoms with van der Waals surface area (Å²) in [4.78, 5) is 22.5. The van der Waals surface area contributed by atoms with Gasteiger partial charge in [-0.05, 0) is 24.6 Å². The Morgan fingerprint density at radius 1 is 1.32 bits per heavy atom. The van der Waals surface area contributed by atoms with Crippen LogP contribution in [0.1, 0.15) is 30.3 Å². The molecule has 0 aliphatic heterocycles. The molecule has 1 N–H and O–H groups in total. The van der Waals surface area contributed by atoms with Crippen molar-refractivity contribution in [2.24, 2.45) is 0 Å². The second-order valence-electron chi connectivity index (χ2n) is 4.95. The van der Waals surface area contributed by atoms with Crippen molar-refractivity contribution in [3.63, 3.8) is 0 Å². The van der Waals surface area contributed by atoms with Gasteiger partial charge in [-0.25, -0.2) is 14.4 Å². The van der Waals surface area contributed by atoms with Crippen molar-refractivity contribution in [2.75, 3.05) is 23.8 Å². The van der Waals surface area contributed by atoms with E-state index in [0.717, 1.165) is 19.4 Å². The highest BCUT2D eigenvalue weighted by Gasteiger charge is 2.12. The summed E-state index contributed by atoms with van der Waals surface area (Å²) in [6.07, 6.45) is 3.62. The molecular weight excluding hydrogens is 283 g/mol. The van der Waals surface area contributed by atoms with Crippen LogP contribution in [-0.2, 0) is 0 Å². The Bertz CT molecular complexity index is 648. The van der Waals surface area contributed by atoms with E-state index in [0.29, 0.717) is 5.95 Å². The van der Waals surface area contributed by atoms with Gasteiger partial charge in [-0.2, -0.15) is 0 Å². The highest BCUT2D eigenvalue weighted by atomic mass is 19.1. The molecule has 0 bridgehead atoms. The first kappa shape index (κ1) is 15.9. The number of nitrogens with zero attached hydrogens (tertiary/aromatic N) is 3. The molecule has 116 valence electrons. The average Bonchev–Trinajstić information content (AvgIpc) is 2.54. The van der Waals surface area contributed by atoms with Crippen LogP contribution in [0.25, 0.3) is 0 Å². The Hall–Kier alpha value is -2.50.